The summed E-state index contributed by atoms with van der Waals surface area (Å²) < 4.78 is 5.50. The molecule has 4 N–H and O–H groups in total. The summed E-state index contributed by atoms with van der Waals surface area (Å²) in [6.45, 7) is 5.04. The van der Waals surface area contributed by atoms with Gasteiger partial charge in [-0.25, -0.2) is 19.9 Å². The van der Waals surface area contributed by atoms with E-state index < -0.39 is 0 Å². The van der Waals surface area contributed by atoms with Crippen LogP contribution in [0.5, 0.6) is 0 Å². The highest BCUT2D eigenvalue weighted by molar-refractivity contribution is 5.92. The smallest absolute Gasteiger partial charge is 0.226 e. The van der Waals surface area contributed by atoms with Gasteiger partial charge in [-0.05, 0) is 37.4 Å². The number of morpholine rings is 1. The van der Waals surface area contributed by atoms with Gasteiger partial charge in [-0.2, -0.15) is 0 Å². The summed E-state index contributed by atoms with van der Waals surface area (Å²) in [6.07, 6.45) is 7.77. The molecule has 0 spiro atoms. The van der Waals surface area contributed by atoms with Crippen LogP contribution in [0, 0.1) is 0 Å². The molecule has 146 valence electrons. The molecular formula is C19H24N8O. The van der Waals surface area contributed by atoms with Gasteiger partial charge in [0, 0.05) is 37.2 Å². The van der Waals surface area contributed by atoms with Crippen molar-refractivity contribution in [2.24, 2.45) is 0 Å². The van der Waals surface area contributed by atoms with Gasteiger partial charge in [0.05, 0.1) is 24.2 Å². The molecule has 0 radical (unpaired) electrons. The first-order chi connectivity index (χ1) is 13.8. The third-order valence-electron chi connectivity index (χ3n) is 5.56. The Morgan fingerprint density at radius 3 is 2.57 bits per heavy atom. The highest BCUT2D eigenvalue weighted by atomic mass is 16.5. The molecule has 0 saturated carbocycles. The number of aromatic nitrogens is 5. The van der Waals surface area contributed by atoms with E-state index in [1.807, 2.05) is 0 Å². The number of H-pyrrole nitrogens is 1. The van der Waals surface area contributed by atoms with Gasteiger partial charge in [-0.3, -0.25) is 0 Å². The van der Waals surface area contributed by atoms with E-state index in [0.29, 0.717) is 19.1 Å². The average molecular weight is 380 g/mol. The molecule has 2 fully saturated rings. The van der Waals surface area contributed by atoms with Crippen molar-refractivity contribution in [1.82, 2.24) is 30.2 Å². The molecule has 2 aliphatic rings. The molecular weight excluding hydrogens is 356 g/mol. The second-order valence-electron chi connectivity index (χ2n) is 7.29. The quantitative estimate of drug-likeness (QED) is 0.622. The zero-order valence-electron chi connectivity index (χ0n) is 15.7. The van der Waals surface area contributed by atoms with Crippen molar-refractivity contribution in [2.75, 3.05) is 50.0 Å². The van der Waals surface area contributed by atoms with E-state index in [2.05, 4.69) is 31.4 Å². The summed E-state index contributed by atoms with van der Waals surface area (Å²) in [5, 5.41) is 3.44. The van der Waals surface area contributed by atoms with Crippen molar-refractivity contribution >= 4 is 22.9 Å². The van der Waals surface area contributed by atoms with Crippen LogP contribution in [0.1, 0.15) is 24.3 Å². The molecule has 0 unspecified atom stereocenters. The van der Waals surface area contributed by atoms with Crippen molar-refractivity contribution in [2.45, 2.75) is 18.8 Å². The predicted molar refractivity (Wildman–Crippen MR) is 107 cm³/mol. The van der Waals surface area contributed by atoms with Crippen LogP contribution < -0.4 is 16.0 Å². The van der Waals surface area contributed by atoms with Gasteiger partial charge < -0.3 is 25.7 Å². The van der Waals surface area contributed by atoms with Gasteiger partial charge >= 0.3 is 0 Å². The number of fused-ring (bicyclic) bond motifs is 1. The van der Waals surface area contributed by atoms with Crippen LogP contribution in [0.4, 0.5) is 11.9 Å². The van der Waals surface area contributed by atoms with Crippen molar-refractivity contribution in [3.8, 4) is 11.3 Å². The van der Waals surface area contributed by atoms with Crippen molar-refractivity contribution in [3.05, 3.63) is 24.2 Å². The summed E-state index contributed by atoms with van der Waals surface area (Å²) in [5.74, 6) is 1.49. The van der Waals surface area contributed by atoms with Gasteiger partial charge in [0.1, 0.15) is 5.69 Å². The number of nitrogens with two attached hydrogens (primary N) is 1. The fourth-order valence-electron chi connectivity index (χ4n) is 4.03. The van der Waals surface area contributed by atoms with Gasteiger partial charge in [-0.1, -0.05) is 0 Å². The SMILES string of the molecule is Nc1ncc(-c2nc(N3CCOCC3)nc3c(C4CCNCC4)c[nH]c23)cn1. The number of hydrogen-bond acceptors (Lipinski definition) is 8. The van der Waals surface area contributed by atoms with Gasteiger partial charge in [0.2, 0.25) is 11.9 Å². The Balaban J connectivity index is 1.65. The van der Waals surface area contributed by atoms with E-state index in [0.717, 1.165) is 67.3 Å². The van der Waals surface area contributed by atoms with E-state index >= 15 is 0 Å². The maximum absolute atomic E-state index is 5.68. The minimum Gasteiger partial charge on any atom is -0.378 e. The zero-order valence-corrected chi connectivity index (χ0v) is 15.7. The van der Waals surface area contributed by atoms with Crippen LogP contribution in [0.25, 0.3) is 22.3 Å². The Kier molecular flexibility index (Phi) is 4.53. The molecule has 0 aromatic carbocycles. The summed E-state index contributed by atoms with van der Waals surface area (Å²) >= 11 is 0. The molecule has 0 atom stereocenters. The third-order valence-corrected chi connectivity index (χ3v) is 5.56. The summed E-state index contributed by atoms with van der Waals surface area (Å²) in [7, 11) is 0. The first-order valence-electron chi connectivity index (χ1n) is 9.80. The number of rotatable bonds is 3. The average Bonchev–Trinajstić information content (AvgIpc) is 3.19. The molecule has 3 aromatic heterocycles. The Hall–Kier alpha value is -2.78. The van der Waals surface area contributed by atoms with E-state index in [1.54, 1.807) is 12.4 Å². The molecule has 2 saturated heterocycles. The Labute approximate surface area is 162 Å². The molecule has 9 nitrogen and oxygen atoms in total. The number of nitrogens with one attached hydrogen (secondary N) is 2. The van der Waals surface area contributed by atoms with E-state index in [-0.39, 0.29) is 5.95 Å². The molecule has 9 heteroatoms. The van der Waals surface area contributed by atoms with Crippen LogP contribution >= 0.6 is 0 Å². The first kappa shape index (κ1) is 17.3. The monoisotopic (exact) mass is 380 g/mol. The number of hydrogen-bond donors (Lipinski definition) is 3. The van der Waals surface area contributed by atoms with Crippen LogP contribution in [-0.4, -0.2) is 64.3 Å². The number of nitrogen functional groups attached to an aromatic ring is 1. The van der Waals surface area contributed by atoms with Crippen molar-refractivity contribution in [3.63, 3.8) is 0 Å². The van der Waals surface area contributed by atoms with Crippen LogP contribution in [-0.2, 0) is 4.74 Å². The second kappa shape index (κ2) is 7.33. The third kappa shape index (κ3) is 3.16. The highest BCUT2D eigenvalue weighted by Gasteiger charge is 2.24. The Bertz CT molecular complexity index is 958. The van der Waals surface area contributed by atoms with E-state index in [9.17, 15) is 0 Å². The molecule has 5 rings (SSSR count). The van der Waals surface area contributed by atoms with Crippen molar-refractivity contribution < 1.29 is 4.74 Å². The van der Waals surface area contributed by atoms with Gasteiger partial charge in [0.25, 0.3) is 0 Å². The van der Waals surface area contributed by atoms with Gasteiger partial charge in [0.15, 0.2) is 0 Å². The van der Waals surface area contributed by atoms with E-state index in [1.165, 1.54) is 5.56 Å². The molecule has 3 aromatic rings. The Morgan fingerprint density at radius 1 is 1.07 bits per heavy atom. The van der Waals surface area contributed by atoms with Crippen LogP contribution in [0.2, 0.25) is 0 Å². The largest absolute Gasteiger partial charge is 0.378 e. The molecule has 2 aliphatic heterocycles. The predicted octanol–water partition coefficient (Wildman–Crippen LogP) is 1.30. The zero-order chi connectivity index (χ0) is 18.9. The first-order valence-corrected chi connectivity index (χ1v) is 9.80. The molecule has 0 aliphatic carbocycles. The number of nitrogens with zero attached hydrogens (tertiary/aromatic N) is 5. The molecule has 0 amide bonds. The van der Waals surface area contributed by atoms with Crippen LogP contribution in [0.15, 0.2) is 18.6 Å². The minimum absolute atomic E-state index is 0.254. The fourth-order valence-corrected chi connectivity index (χ4v) is 4.03. The lowest BCUT2D eigenvalue weighted by atomic mass is 9.91. The maximum Gasteiger partial charge on any atom is 0.226 e. The lowest BCUT2D eigenvalue weighted by Gasteiger charge is -2.27. The number of anilines is 2. The summed E-state index contributed by atoms with van der Waals surface area (Å²) in [6, 6.07) is 0. The molecule has 28 heavy (non-hydrogen) atoms. The topological polar surface area (TPSA) is 118 Å². The lowest BCUT2D eigenvalue weighted by Crippen LogP contribution is -2.37. The van der Waals surface area contributed by atoms with Crippen LogP contribution in [0.3, 0.4) is 0 Å². The number of aromatic amines is 1. The molecule has 5 heterocycles. The Morgan fingerprint density at radius 2 is 1.82 bits per heavy atom. The number of ether oxygens (including phenoxy) is 1. The summed E-state index contributed by atoms with van der Waals surface area (Å²) in [4.78, 5) is 23.8. The highest BCUT2D eigenvalue weighted by Crippen LogP contribution is 2.35. The van der Waals surface area contributed by atoms with E-state index in [4.69, 9.17) is 20.4 Å². The normalized spacial score (nSPS) is 18.6. The standard InChI is InChI=1S/C19H24N8O/c20-18-23-9-13(10-24-18)15-17-16(14(11-22-17)12-1-3-21-4-2-12)26-19(25-15)27-5-7-28-8-6-27/h9-12,21-22H,1-8H2,(H2,20,23,24). The minimum atomic E-state index is 0.254. The lowest BCUT2D eigenvalue weighted by molar-refractivity contribution is 0.122. The van der Waals surface area contributed by atoms with Crippen molar-refractivity contribution in [1.29, 1.82) is 0 Å². The number of piperidine rings is 1. The summed E-state index contributed by atoms with van der Waals surface area (Å²) in [5.41, 5.74) is 10.5. The maximum atomic E-state index is 5.68. The molecule has 0 bridgehead atoms. The fraction of sp³-hybridized carbons (Fsp3) is 0.474. The van der Waals surface area contributed by atoms with Gasteiger partial charge in [-0.15, -0.1) is 0 Å². The second-order valence-corrected chi connectivity index (χ2v) is 7.29.